The van der Waals surface area contributed by atoms with E-state index in [1.165, 1.54) is 0 Å². The molecule has 0 spiro atoms. The summed E-state index contributed by atoms with van der Waals surface area (Å²) in [6.45, 7) is 4.14. The fourth-order valence-electron chi connectivity index (χ4n) is 1.65. The highest BCUT2D eigenvalue weighted by molar-refractivity contribution is 5.77. The van der Waals surface area contributed by atoms with E-state index in [9.17, 15) is 9.59 Å². The molecule has 1 heterocycles. The third kappa shape index (κ3) is 4.95. The van der Waals surface area contributed by atoms with Crippen LogP contribution in [-0.2, 0) is 16.1 Å². The number of rotatable bonds is 6. The predicted octanol–water partition coefficient (Wildman–Crippen LogP) is 1.51. The van der Waals surface area contributed by atoms with E-state index in [-0.39, 0.29) is 24.7 Å². The van der Waals surface area contributed by atoms with Crippen LogP contribution in [0.15, 0.2) is 18.5 Å². The normalized spacial score (nSPS) is 11.9. The van der Waals surface area contributed by atoms with Gasteiger partial charge < -0.3 is 10.4 Å². The van der Waals surface area contributed by atoms with Gasteiger partial charge in [0.15, 0.2) is 0 Å². The summed E-state index contributed by atoms with van der Waals surface area (Å²) in [6.07, 6.45) is 3.67. The van der Waals surface area contributed by atoms with Gasteiger partial charge in [-0.1, -0.05) is 6.92 Å². The van der Waals surface area contributed by atoms with E-state index in [1.54, 1.807) is 19.3 Å². The molecule has 0 aliphatic heterocycles. The van der Waals surface area contributed by atoms with Crippen LogP contribution in [0.1, 0.15) is 30.9 Å². The van der Waals surface area contributed by atoms with Crippen LogP contribution in [0.5, 0.6) is 0 Å². The fraction of sp³-hybridized carbons (Fsp3) is 0.462. The summed E-state index contributed by atoms with van der Waals surface area (Å²) in [5.41, 5.74) is 2.04. The van der Waals surface area contributed by atoms with Gasteiger partial charge in [0.05, 0.1) is 0 Å². The van der Waals surface area contributed by atoms with Gasteiger partial charge in [0, 0.05) is 31.8 Å². The van der Waals surface area contributed by atoms with Crippen LogP contribution in [-0.4, -0.2) is 22.0 Å². The molecule has 1 atom stereocenters. The monoisotopic (exact) mass is 250 g/mol. The quantitative estimate of drug-likeness (QED) is 0.802. The van der Waals surface area contributed by atoms with Crippen molar-refractivity contribution in [3.63, 3.8) is 0 Å². The molecule has 98 valence electrons. The molecule has 1 amide bonds. The minimum atomic E-state index is -0.875. The van der Waals surface area contributed by atoms with Gasteiger partial charge in [-0.15, -0.1) is 0 Å². The summed E-state index contributed by atoms with van der Waals surface area (Å²) >= 11 is 0. The Balaban J connectivity index is 2.38. The average Bonchev–Trinajstić information content (AvgIpc) is 2.26. The van der Waals surface area contributed by atoms with Crippen LogP contribution >= 0.6 is 0 Å². The summed E-state index contributed by atoms with van der Waals surface area (Å²) in [5, 5.41) is 11.4. The lowest BCUT2D eigenvalue weighted by atomic mass is 10.0. The Bertz CT molecular complexity index is 432. The lowest BCUT2D eigenvalue weighted by Gasteiger charge is -2.10. The number of aryl methyl sites for hydroxylation is 1. The Hall–Kier alpha value is -1.91. The molecule has 0 fully saturated rings. The summed E-state index contributed by atoms with van der Waals surface area (Å²) in [6, 6.07) is 1.86. The standard InChI is InChI=1S/C13H18N2O3/c1-9(6-13(17)18)5-12(16)15-8-11-3-4-14-7-10(11)2/h3-4,7,9H,5-6,8H2,1-2H3,(H,15,16)(H,17,18). The van der Waals surface area contributed by atoms with Crippen molar-refractivity contribution in [2.24, 2.45) is 5.92 Å². The van der Waals surface area contributed by atoms with Crippen LogP contribution in [0.4, 0.5) is 0 Å². The first-order chi connectivity index (χ1) is 8.49. The average molecular weight is 250 g/mol. The van der Waals surface area contributed by atoms with Crippen molar-refractivity contribution in [3.05, 3.63) is 29.6 Å². The smallest absolute Gasteiger partial charge is 0.303 e. The molecular weight excluding hydrogens is 232 g/mol. The maximum atomic E-state index is 11.6. The number of carboxylic acids is 1. The van der Waals surface area contributed by atoms with Gasteiger partial charge in [0.1, 0.15) is 0 Å². The van der Waals surface area contributed by atoms with Crippen molar-refractivity contribution in [2.75, 3.05) is 0 Å². The molecule has 5 nitrogen and oxygen atoms in total. The second kappa shape index (κ2) is 6.74. The van der Waals surface area contributed by atoms with Crippen molar-refractivity contribution in [1.29, 1.82) is 0 Å². The molecule has 0 saturated heterocycles. The van der Waals surface area contributed by atoms with Gasteiger partial charge in [0.25, 0.3) is 0 Å². The molecule has 0 aliphatic rings. The highest BCUT2D eigenvalue weighted by Crippen LogP contribution is 2.08. The van der Waals surface area contributed by atoms with Crippen molar-refractivity contribution < 1.29 is 14.7 Å². The van der Waals surface area contributed by atoms with E-state index in [0.717, 1.165) is 11.1 Å². The van der Waals surface area contributed by atoms with Crippen molar-refractivity contribution in [2.45, 2.75) is 33.2 Å². The molecule has 0 bridgehead atoms. The highest BCUT2D eigenvalue weighted by atomic mass is 16.4. The SMILES string of the molecule is Cc1cnccc1CNC(=O)CC(C)CC(=O)O. The zero-order chi connectivity index (χ0) is 13.5. The predicted molar refractivity (Wildman–Crippen MR) is 66.9 cm³/mol. The Kier molecular flexibility index (Phi) is 5.30. The molecule has 1 rings (SSSR count). The Morgan fingerprint density at radius 1 is 1.44 bits per heavy atom. The summed E-state index contributed by atoms with van der Waals surface area (Å²) in [7, 11) is 0. The molecule has 0 aliphatic carbocycles. The minimum Gasteiger partial charge on any atom is -0.481 e. The number of carbonyl (C=O) groups excluding carboxylic acids is 1. The van der Waals surface area contributed by atoms with Gasteiger partial charge in [-0.3, -0.25) is 14.6 Å². The number of nitrogens with one attached hydrogen (secondary N) is 1. The molecule has 1 aromatic rings. The third-order valence-electron chi connectivity index (χ3n) is 2.67. The third-order valence-corrected chi connectivity index (χ3v) is 2.67. The van der Waals surface area contributed by atoms with Crippen molar-refractivity contribution in [3.8, 4) is 0 Å². The van der Waals surface area contributed by atoms with Crippen LogP contribution in [0.3, 0.4) is 0 Å². The number of aliphatic carboxylic acids is 1. The first kappa shape index (κ1) is 14.2. The molecule has 5 heteroatoms. The largest absolute Gasteiger partial charge is 0.481 e. The number of carboxylic acid groups (broad SMARTS) is 1. The second-order valence-corrected chi connectivity index (χ2v) is 4.49. The first-order valence-electron chi connectivity index (χ1n) is 5.87. The molecule has 1 aromatic heterocycles. The molecular formula is C13H18N2O3. The Labute approximate surface area is 106 Å². The number of pyridine rings is 1. The van der Waals surface area contributed by atoms with Crippen LogP contribution in [0.25, 0.3) is 0 Å². The summed E-state index contributed by atoms with van der Waals surface area (Å²) in [5.74, 6) is -1.15. The number of nitrogens with zero attached hydrogens (tertiary/aromatic N) is 1. The Morgan fingerprint density at radius 2 is 2.17 bits per heavy atom. The number of carbonyl (C=O) groups is 2. The molecule has 0 aromatic carbocycles. The first-order valence-corrected chi connectivity index (χ1v) is 5.87. The minimum absolute atomic E-state index is 0.0156. The number of amides is 1. The van der Waals surface area contributed by atoms with E-state index in [2.05, 4.69) is 10.3 Å². The van der Waals surface area contributed by atoms with E-state index in [0.29, 0.717) is 6.54 Å². The van der Waals surface area contributed by atoms with E-state index in [1.807, 2.05) is 13.0 Å². The van der Waals surface area contributed by atoms with Gasteiger partial charge in [-0.05, 0) is 30.0 Å². The molecule has 2 N–H and O–H groups in total. The second-order valence-electron chi connectivity index (χ2n) is 4.49. The number of aromatic nitrogens is 1. The molecule has 1 unspecified atom stereocenters. The molecule has 0 saturated carbocycles. The van der Waals surface area contributed by atoms with E-state index < -0.39 is 5.97 Å². The molecule has 0 radical (unpaired) electrons. The topological polar surface area (TPSA) is 79.3 Å². The zero-order valence-corrected chi connectivity index (χ0v) is 10.6. The van der Waals surface area contributed by atoms with Crippen LogP contribution in [0, 0.1) is 12.8 Å². The van der Waals surface area contributed by atoms with Gasteiger partial charge in [0.2, 0.25) is 5.91 Å². The lowest BCUT2D eigenvalue weighted by molar-refractivity contribution is -0.138. The fourth-order valence-corrected chi connectivity index (χ4v) is 1.65. The van der Waals surface area contributed by atoms with Gasteiger partial charge in [-0.25, -0.2) is 0 Å². The maximum absolute atomic E-state index is 11.6. The van der Waals surface area contributed by atoms with Crippen LogP contribution in [0.2, 0.25) is 0 Å². The summed E-state index contributed by atoms with van der Waals surface area (Å²) in [4.78, 5) is 26.1. The van der Waals surface area contributed by atoms with Crippen molar-refractivity contribution >= 4 is 11.9 Å². The lowest BCUT2D eigenvalue weighted by Crippen LogP contribution is -2.25. The van der Waals surface area contributed by atoms with E-state index >= 15 is 0 Å². The van der Waals surface area contributed by atoms with Crippen molar-refractivity contribution in [1.82, 2.24) is 10.3 Å². The number of hydrogen-bond acceptors (Lipinski definition) is 3. The summed E-state index contributed by atoms with van der Waals surface area (Å²) < 4.78 is 0. The van der Waals surface area contributed by atoms with Crippen LogP contribution < -0.4 is 5.32 Å². The van der Waals surface area contributed by atoms with E-state index in [4.69, 9.17) is 5.11 Å². The zero-order valence-electron chi connectivity index (χ0n) is 10.6. The Morgan fingerprint density at radius 3 is 2.78 bits per heavy atom. The highest BCUT2D eigenvalue weighted by Gasteiger charge is 2.12. The van der Waals surface area contributed by atoms with Gasteiger partial charge in [-0.2, -0.15) is 0 Å². The maximum Gasteiger partial charge on any atom is 0.303 e. The molecule has 18 heavy (non-hydrogen) atoms. The number of hydrogen-bond donors (Lipinski definition) is 2. The van der Waals surface area contributed by atoms with Gasteiger partial charge >= 0.3 is 5.97 Å².